The van der Waals surface area contributed by atoms with Crippen LogP contribution >= 0.6 is 0 Å². The summed E-state index contributed by atoms with van der Waals surface area (Å²) < 4.78 is 17.3. The molecule has 1 atom stereocenters. The first kappa shape index (κ1) is 35.7. The number of unbranched alkanes of at least 4 members (excludes halogenated alkanes) is 4. The molecule has 1 heterocycles. The van der Waals surface area contributed by atoms with Gasteiger partial charge in [0, 0.05) is 19.4 Å². The van der Waals surface area contributed by atoms with Gasteiger partial charge in [-0.3, -0.25) is 4.79 Å². The molecule has 7 rings (SSSR count). The molecule has 4 aliphatic carbocycles. The number of amides is 1. The van der Waals surface area contributed by atoms with Gasteiger partial charge < -0.3 is 14.2 Å². The molecule has 266 valence electrons. The van der Waals surface area contributed by atoms with Crippen LogP contribution < -0.4 is 10.2 Å². The topological polar surface area (TPSA) is 83.1 Å². The highest BCUT2D eigenvalue weighted by atomic mass is 16.8. The van der Waals surface area contributed by atoms with Crippen LogP contribution in [0.15, 0.2) is 49.0 Å². The zero-order chi connectivity index (χ0) is 34.4. The third-order valence-corrected chi connectivity index (χ3v) is 11.0. The van der Waals surface area contributed by atoms with E-state index in [2.05, 4.69) is 48.5 Å². The summed E-state index contributed by atoms with van der Waals surface area (Å²) in [6, 6.07) is 15.1. The average Bonchev–Trinajstić information content (AvgIpc) is 3.07. The van der Waals surface area contributed by atoms with Gasteiger partial charge in [-0.2, -0.15) is 0 Å². The molecule has 4 bridgehead atoms. The van der Waals surface area contributed by atoms with Crippen molar-refractivity contribution in [2.24, 2.45) is 17.8 Å². The molecule has 49 heavy (non-hydrogen) atoms. The number of hydrogen-bond acceptors (Lipinski definition) is 6. The number of ether oxygens (including phenoxy) is 3. The second-order valence-corrected chi connectivity index (χ2v) is 16.3. The van der Waals surface area contributed by atoms with Crippen molar-refractivity contribution in [1.82, 2.24) is 5.48 Å². The van der Waals surface area contributed by atoms with E-state index in [1.165, 1.54) is 55.2 Å². The lowest BCUT2D eigenvalue weighted by Crippen LogP contribution is -2.48. The van der Waals surface area contributed by atoms with E-state index in [0.717, 1.165) is 80.4 Å². The van der Waals surface area contributed by atoms with Gasteiger partial charge in [0.25, 0.3) is 0 Å². The van der Waals surface area contributed by atoms with Gasteiger partial charge in [0.2, 0.25) is 5.91 Å². The highest BCUT2D eigenvalue weighted by molar-refractivity contribution is 6.15. The highest BCUT2D eigenvalue weighted by Gasteiger charge is 2.52. The van der Waals surface area contributed by atoms with Gasteiger partial charge in [-0.15, -0.1) is 0 Å². The van der Waals surface area contributed by atoms with Crippen molar-refractivity contribution in [1.29, 1.82) is 0 Å². The first-order valence-electron chi connectivity index (χ1n) is 18.9. The first-order valence-corrected chi connectivity index (χ1v) is 18.9. The molecule has 1 N–H and O–H groups in total. The fraction of sp³-hybridized carbons (Fsp3) is 0.619. The molecule has 7 heteroatoms. The maximum Gasteiger partial charge on any atom is 0.338 e. The van der Waals surface area contributed by atoms with Gasteiger partial charge in [0.1, 0.15) is 11.4 Å². The monoisotopic (exact) mass is 671 g/mol. The molecule has 0 spiro atoms. The third-order valence-electron chi connectivity index (χ3n) is 11.0. The van der Waals surface area contributed by atoms with Crippen molar-refractivity contribution < 1.29 is 28.6 Å². The number of nitrogens with one attached hydrogen (secondary N) is 1. The smallest absolute Gasteiger partial charge is 0.338 e. The number of esters is 1. The van der Waals surface area contributed by atoms with Crippen LogP contribution in [0.2, 0.25) is 0 Å². The lowest BCUT2D eigenvalue weighted by Gasteiger charge is -2.57. The predicted molar refractivity (Wildman–Crippen MR) is 193 cm³/mol. The molecule has 0 aromatic heterocycles. The van der Waals surface area contributed by atoms with E-state index in [1.54, 1.807) is 0 Å². The van der Waals surface area contributed by atoms with E-state index in [0.29, 0.717) is 25.2 Å². The minimum atomic E-state index is -0.563. The maximum absolute atomic E-state index is 13.0. The molecule has 1 saturated heterocycles. The lowest BCUT2D eigenvalue weighted by atomic mass is 9.47. The largest absolute Gasteiger partial charge is 0.494 e. The number of benzene rings is 2. The van der Waals surface area contributed by atoms with E-state index < -0.39 is 5.60 Å². The lowest BCUT2D eigenvalue weighted by molar-refractivity contribution is -0.200. The molecular formula is C42H57NO6. The quantitative estimate of drug-likeness (QED) is 0.0879. The molecule has 7 nitrogen and oxygen atoms in total. The Kier molecular flexibility index (Phi) is 11.5. The Morgan fingerprint density at radius 1 is 0.898 bits per heavy atom. The van der Waals surface area contributed by atoms with Crippen LogP contribution in [-0.2, 0) is 29.3 Å². The summed E-state index contributed by atoms with van der Waals surface area (Å²) in [6.45, 7) is 11.2. The molecule has 1 unspecified atom stereocenters. The summed E-state index contributed by atoms with van der Waals surface area (Å²) in [6.07, 6.45) is 16.0. The van der Waals surface area contributed by atoms with Crippen LogP contribution in [-0.4, -0.2) is 37.0 Å². The van der Waals surface area contributed by atoms with Crippen molar-refractivity contribution in [2.45, 2.75) is 134 Å². The van der Waals surface area contributed by atoms with Crippen LogP contribution in [0.25, 0.3) is 16.7 Å². The molecule has 1 amide bonds. The van der Waals surface area contributed by atoms with Crippen LogP contribution in [0.3, 0.4) is 0 Å². The first-order chi connectivity index (χ1) is 23.6. The number of carbonyl (C=O) groups is 2. The van der Waals surface area contributed by atoms with Crippen molar-refractivity contribution in [3.63, 3.8) is 0 Å². The summed E-state index contributed by atoms with van der Waals surface area (Å²) >= 11 is 0. The Bertz CT molecular complexity index is 1420. The second-order valence-electron chi connectivity index (χ2n) is 16.3. The van der Waals surface area contributed by atoms with Gasteiger partial charge in [-0.25, -0.2) is 15.1 Å². The average molecular weight is 672 g/mol. The van der Waals surface area contributed by atoms with Gasteiger partial charge in [-0.1, -0.05) is 50.1 Å². The fourth-order valence-electron chi connectivity index (χ4n) is 9.15. The summed E-state index contributed by atoms with van der Waals surface area (Å²) in [4.78, 5) is 30.4. The molecule has 1 aliphatic heterocycles. The van der Waals surface area contributed by atoms with Gasteiger partial charge in [0.05, 0.1) is 12.2 Å². The normalized spacial score (nSPS) is 25.9. The predicted octanol–water partition coefficient (Wildman–Crippen LogP) is 9.47. The van der Waals surface area contributed by atoms with Gasteiger partial charge in [0.15, 0.2) is 6.29 Å². The van der Waals surface area contributed by atoms with Gasteiger partial charge in [-0.05, 0) is 149 Å². The summed E-state index contributed by atoms with van der Waals surface area (Å²) in [5.74, 6) is 2.90. The van der Waals surface area contributed by atoms with Crippen LogP contribution in [0.1, 0.15) is 128 Å². The van der Waals surface area contributed by atoms with Crippen molar-refractivity contribution in [2.75, 3.05) is 13.2 Å². The van der Waals surface area contributed by atoms with Crippen molar-refractivity contribution in [3.05, 3.63) is 60.2 Å². The Balaban J connectivity index is 1.02. The van der Waals surface area contributed by atoms with E-state index in [1.807, 2.05) is 26.8 Å². The SMILES string of the molecule is C=C(C(=O)OC(C)(C)C)c1ccc(-c2ccc(OCCCCCCCC(=O)NOC3CCCCO3)cc2)c(C23CC4CC(CC(C4)C2)C3)c1. The standard InChI is InChI=1S/C42H57NO6/c1-29(40(45)48-41(2,3)4)34-16-19-36(37(25-34)42-26-30-22-31(27-42)24-32(23-30)28-42)33-14-17-35(18-15-33)46-20-10-7-5-6-8-12-38(44)43-49-39-13-9-11-21-47-39/h14-19,25,30-32,39H,1,5-13,20-24,26-28H2,2-4H3,(H,43,44). The van der Waals surface area contributed by atoms with E-state index in [9.17, 15) is 9.59 Å². The molecular weight excluding hydrogens is 614 g/mol. The Hall–Kier alpha value is -3.16. The minimum Gasteiger partial charge on any atom is -0.494 e. The summed E-state index contributed by atoms with van der Waals surface area (Å²) in [5.41, 5.74) is 7.26. The molecule has 2 aromatic rings. The fourth-order valence-corrected chi connectivity index (χ4v) is 9.15. The Morgan fingerprint density at radius 3 is 2.22 bits per heavy atom. The number of hydrogen-bond donors (Lipinski definition) is 1. The molecule has 0 radical (unpaired) electrons. The van der Waals surface area contributed by atoms with Crippen LogP contribution in [0.4, 0.5) is 0 Å². The molecule has 5 aliphatic rings. The van der Waals surface area contributed by atoms with Crippen LogP contribution in [0, 0.1) is 17.8 Å². The van der Waals surface area contributed by atoms with Gasteiger partial charge >= 0.3 is 5.97 Å². The molecule has 2 aromatic carbocycles. The Morgan fingerprint density at radius 2 is 1.57 bits per heavy atom. The van der Waals surface area contributed by atoms with E-state index in [-0.39, 0.29) is 23.6 Å². The summed E-state index contributed by atoms with van der Waals surface area (Å²) in [7, 11) is 0. The Labute approximate surface area is 293 Å². The van der Waals surface area contributed by atoms with Crippen molar-refractivity contribution in [3.8, 4) is 16.9 Å². The summed E-state index contributed by atoms with van der Waals surface area (Å²) in [5, 5.41) is 0. The van der Waals surface area contributed by atoms with Crippen molar-refractivity contribution >= 4 is 17.4 Å². The molecule has 5 fully saturated rings. The zero-order valence-electron chi connectivity index (χ0n) is 30.0. The number of carbonyl (C=O) groups excluding carboxylic acids is 2. The number of hydroxylamine groups is 1. The highest BCUT2D eigenvalue weighted by Crippen LogP contribution is 2.62. The number of rotatable bonds is 15. The molecule has 4 saturated carbocycles. The van der Waals surface area contributed by atoms with Crippen LogP contribution in [0.5, 0.6) is 5.75 Å². The van der Waals surface area contributed by atoms with E-state index >= 15 is 0 Å². The maximum atomic E-state index is 13.0. The minimum absolute atomic E-state index is 0.0757. The third kappa shape index (κ3) is 9.35. The second kappa shape index (κ2) is 15.8. The zero-order valence-corrected chi connectivity index (χ0v) is 30.0. The van der Waals surface area contributed by atoms with E-state index in [4.69, 9.17) is 19.0 Å².